The zero-order chi connectivity index (χ0) is 31.6. The number of carbonyl (C=O) groups excluding carboxylic acids is 1. The third-order valence-corrected chi connectivity index (χ3v) is 6.21. The van der Waals surface area contributed by atoms with Gasteiger partial charge in [-0.15, -0.1) is 0 Å². The van der Waals surface area contributed by atoms with E-state index in [1.807, 2.05) is 0 Å². The maximum Gasteiger partial charge on any atom is 0.387 e. The molecule has 0 aliphatic heterocycles. The van der Waals surface area contributed by atoms with Gasteiger partial charge in [0.1, 0.15) is 41.1 Å². The quantitative estimate of drug-likeness (QED) is 0.234. The lowest BCUT2D eigenvalue weighted by Crippen LogP contribution is -2.28. The van der Waals surface area contributed by atoms with Crippen molar-refractivity contribution < 1.29 is 41.7 Å². The molecule has 0 radical (unpaired) electrons. The number of amides is 1. The number of nitrogens with one attached hydrogen (secondary N) is 1. The van der Waals surface area contributed by atoms with E-state index in [9.17, 15) is 23.5 Å². The predicted molar refractivity (Wildman–Crippen MR) is 149 cm³/mol. The number of pyridine rings is 1. The van der Waals surface area contributed by atoms with Crippen molar-refractivity contribution in [1.29, 1.82) is 0 Å². The molecule has 43 heavy (non-hydrogen) atoms. The number of ether oxygens (including phenoxy) is 3. The number of hydrogen-bond donors (Lipinski definition) is 2. The number of anilines is 1. The van der Waals surface area contributed by atoms with Gasteiger partial charge in [-0.05, 0) is 44.2 Å². The highest BCUT2D eigenvalue weighted by Crippen LogP contribution is 2.35. The van der Waals surface area contributed by atoms with Gasteiger partial charge < -0.3 is 24.6 Å². The first-order chi connectivity index (χ1) is 20.2. The summed E-state index contributed by atoms with van der Waals surface area (Å²) in [6.07, 6.45) is 0. The largest absolute Gasteiger partial charge is 0.497 e. The number of halogens is 5. The Balaban J connectivity index is 1.88. The van der Waals surface area contributed by atoms with Gasteiger partial charge in [-0.3, -0.25) is 14.3 Å². The number of benzene rings is 2. The second-order valence-corrected chi connectivity index (χ2v) is 10.2. The molecule has 0 aliphatic carbocycles. The average Bonchev–Trinajstić information content (AvgIpc) is 3.16. The van der Waals surface area contributed by atoms with Crippen molar-refractivity contribution in [2.75, 3.05) is 19.0 Å². The minimum absolute atomic E-state index is 0.0327. The first kappa shape index (κ1) is 31.4. The van der Waals surface area contributed by atoms with Gasteiger partial charge >= 0.3 is 6.61 Å². The van der Waals surface area contributed by atoms with Crippen LogP contribution in [0.1, 0.15) is 24.2 Å². The van der Waals surface area contributed by atoms with Crippen LogP contribution in [0.25, 0.3) is 17.1 Å². The van der Waals surface area contributed by atoms with Crippen LogP contribution in [0.3, 0.4) is 0 Å². The predicted octanol–water partition coefficient (Wildman–Crippen LogP) is 5.18. The molecule has 2 N–H and O–H groups in total. The molecule has 228 valence electrons. The summed E-state index contributed by atoms with van der Waals surface area (Å²) in [6, 6.07) is 9.06. The van der Waals surface area contributed by atoms with Crippen LogP contribution in [0.15, 0.2) is 53.3 Å². The van der Waals surface area contributed by atoms with Crippen LogP contribution in [0.2, 0.25) is 5.02 Å². The number of alkyl halides is 2. The van der Waals surface area contributed by atoms with E-state index in [0.717, 1.165) is 45.8 Å². The summed E-state index contributed by atoms with van der Waals surface area (Å²) in [4.78, 5) is 31.2. The van der Waals surface area contributed by atoms with Crippen molar-refractivity contribution in [3.05, 3.63) is 81.1 Å². The first-order valence-electron chi connectivity index (χ1n) is 12.4. The standard InChI is InChI=1S/C28H25ClF4N4O6/c1-28(2,40)13-42-20-10-9-17(29)24(34-20)37-26(39)22(35-25(38)14-5-7-15(8-6-14)43-27(32)33)23(36(37)3)21-18(30)11-16(41-4)12-19(21)31/h5-12,27,40H,13H2,1-4H3,(H,35,38). The highest BCUT2D eigenvalue weighted by Gasteiger charge is 2.29. The topological polar surface area (TPSA) is 117 Å². The average molecular weight is 625 g/mol. The third kappa shape index (κ3) is 6.92. The Morgan fingerprint density at radius 2 is 1.72 bits per heavy atom. The number of rotatable bonds is 10. The fourth-order valence-corrected chi connectivity index (χ4v) is 4.19. The Morgan fingerprint density at radius 1 is 1.09 bits per heavy atom. The molecule has 0 spiro atoms. The number of methoxy groups -OCH3 is 1. The monoisotopic (exact) mass is 624 g/mol. The second-order valence-electron chi connectivity index (χ2n) is 9.74. The van der Waals surface area contributed by atoms with E-state index in [1.165, 1.54) is 40.1 Å². The van der Waals surface area contributed by atoms with Crippen molar-refractivity contribution in [1.82, 2.24) is 14.3 Å². The Labute approximate surface area is 247 Å². The van der Waals surface area contributed by atoms with E-state index in [1.54, 1.807) is 0 Å². The van der Waals surface area contributed by atoms with Crippen LogP contribution in [-0.2, 0) is 7.05 Å². The molecule has 10 nitrogen and oxygen atoms in total. The Hall–Kier alpha value is -4.56. The lowest BCUT2D eigenvalue weighted by atomic mass is 10.1. The lowest BCUT2D eigenvalue weighted by molar-refractivity contribution is -0.0498. The molecule has 0 saturated carbocycles. The molecule has 4 rings (SSSR count). The summed E-state index contributed by atoms with van der Waals surface area (Å²) >= 11 is 6.37. The minimum atomic E-state index is -3.08. The van der Waals surface area contributed by atoms with E-state index in [0.29, 0.717) is 0 Å². The van der Waals surface area contributed by atoms with Crippen molar-refractivity contribution >= 4 is 23.2 Å². The summed E-state index contributed by atoms with van der Waals surface area (Å²) in [6.45, 7) is -0.244. The smallest absolute Gasteiger partial charge is 0.387 e. The highest BCUT2D eigenvalue weighted by molar-refractivity contribution is 6.32. The molecule has 2 aromatic heterocycles. The van der Waals surface area contributed by atoms with E-state index >= 15 is 8.78 Å². The molecule has 0 saturated heterocycles. The number of aliphatic hydroxyl groups is 1. The van der Waals surface area contributed by atoms with Crippen molar-refractivity contribution in [3.8, 4) is 34.5 Å². The second kappa shape index (κ2) is 12.4. The molecule has 0 bridgehead atoms. The van der Waals surface area contributed by atoms with E-state index < -0.39 is 52.3 Å². The first-order valence-corrected chi connectivity index (χ1v) is 12.8. The summed E-state index contributed by atoms with van der Waals surface area (Å²) in [7, 11) is 2.50. The summed E-state index contributed by atoms with van der Waals surface area (Å²) in [5.41, 5.74) is -3.91. The fraction of sp³-hybridized carbons (Fsp3) is 0.250. The van der Waals surface area contributed by atoms with Gasteiger partial charge in [0, 0.05) is 30.8 Å². The molecular formula is C28H25ClF4N4O6. The molecule has 2 aromatic carbocycles. The summed E-state index contributed by atoms with van der Waals surface area (Å²) < 4.78 is 72.3. The van der Waals surface area contributed by atoms with Crippen LogP contribution in [0, 0.1) is 11.6 Å². The molecule has 0 aliphatic rings. The van der Waals surface area contributed by atoms with Gasteiger partial charge in [-0.25, -0.2) is 8.78 Å². The fourth-order valence-electron chi connectivity index (χ4n) is 4.00. The molecule has 15 heteroatoms. The molecule has 4 aromatic rings. The zero-order valence-corrected chi connectivity index (χ0v) is 23.9. The van der Waals surface area contributed by atoms with E-state index in [-0.39, 0.29) is 40.4 Å². The summed E-state index contributed by atoms with van der Waals surface area (Å²) in [5, 5.41) is 12.3. The molecule has 1 amide bonds. The third-order valence-electron chi connectivity index (χ3n) is 5.91. The Bertz CT molecular complexity index is 1700. The van der Waals surface area contributed by atoms with Crippen molar-refractivity contribution in [2.24, 2.45) is 7.05 Å². The van der Waals surface area contributed by atoms with Crippen LogP contribution >= 0.6 is 11.6 Å². The van der Waals surface area contributed by atoms with E-state index in [4.69, 9.17) is 21.1 Å². The maximum atomic E-state index is 15.3. The van der Waals surface area contributed by atoms with Gasteiger partial charge in [-0.2, -0.15) is 18.4 Å². The lowest BCUT2D eigenvalue weighted by Gasteiger charge is -2.18. The van der Waals surface area contributed by atoms with Crippen LogP contribution in [0.5, 0.6) is 17.4 Å². The normalized spacial score (nSPS) is 11.5. The zero-order valence-electron chi connectivity index (χ0n) is 23.1. The Kier molecular flexibility index (Phi) is 9.01. The molecular weight excluding hydrogens is 600 g/mol. The number of nitrogens with zero attached hydrogens (tertiary/aromatic N) is 3. The van der Waals surface area contributed by atoms with Gasteiger partial charge in [0.15, 0.2) is 5.82 Å². The van der Waals surface area contributed by atoms with Gasteiger partial charge in [0.2, 0.25) is 5.88 Å². The van der Waals surface area contributed by atoms with Gasteiger partial charge in [-0.1, -0.05) is 11.6 Å². The number of aromatic nitrogens is 3. The van der Waals surface area contributed by atoms with Crippen molar-refractivity contribution in [2.45, 2.75) is 26.1 Å². The highest BCUT2D eigenvalue weighted by atomic mass is 35.5. The van der Waals surface area contributed by atoms with Gasteiger partial charge in [0.25, 0.3) is 11.5 Å². The van der Waals surface area contributed by atoms with Crippen LogP contribution in [0.4, 0.5) is 23.2 Å². The number of carbonyl (C=O) groups is 1. The van der Waals surface area contributed by atoms with Crippen LogP contribution < -0.4 is 25.1 Å². The minimum Gasteiger partial charge on any atom is -0.497 e. The molecule has 0 atom stereocenters. The molecule has 0 unspecified atom stereocenters. The summed E-state index contributed by atoms with van der Waals surface area (Å²) in [5.74, 6) is -3.74. The van der Waals surface area contributed by atoms with Crippen molar-refractivity contribution in [3.63, 3.8) is 0 Å². The molecule has 2 heterocycles. The molecule has 0 fully saturated rings. The SMILES string of the molecule is COc1cc(F)c(-c2c(NC(=O)c3ccc(OC(F)F)cc3)c(=O)n(-c3nc(OCC(C)(C)O)ccc3Cl)n2C)c(F)c1. The van der Waals surface area contributed by atoms with Crippen LogP contribution in [-0.4, -0.2) is 51.3 Å². The Morgan fingerprint density at radius 3 is 2.28 bits per heavy atom. The maximum absolute atomic E-state index is 15.3. The number of hydrogen-bond acceptors (Lipinski definition) is 7. The van der Waals surface area contributed by atoms with E-state index in [2.05, 4.69) is 15.0 Å². The van der Waals surface area contributed by atoms with Gasteiger partial charge in [0.05, 0.1) is 23.3 Å².